The molecule has 4 rings (SSSR count). The molecule has 1 saturated carbocycles. The van der Waals surface area contributed by atoms with Gasteiger partial charge in [0.25, 0.3) is 5.91 Å². The predicted octanol–water partition coefficient (Wildman–Crippen LogP) is 2.87. The summed E-state index contributed by atoms with van der Waals surface area (Å²) in [6, 6.07) is 7.41. The first-order valence-electron chi connectivity index (χ1n) is 10.5. The lowest BCUT2D eigenvalue weighted by atomic mass is 10.2. The summed E-state index contributed by atoms with van der Waals surface area (Å²) in [6.07, 6.45) is 9.66. The molecule has 0 atom stereocenters. The fourth-order valence-electron chi connectivity index (χ4n) is 3.63. The van der Waals surface area contributed by atoms with Crippen molar-refractivity contribution in [3.05, 3.63) is 71.2 Å². The largest absolute Gasteiger partial charge is 0.494 e. The zero-order valence-corrected chi connectivity index (χ0v) is 19.4. The number of hydrogen-bond acceptors (Lipinski definition) is 7. The van der Waals surface area contributed by atoms with Crippen LogP contribution in [0.1, 0.15) is 35.6 Å². The lowest BCUT2D eigenvalue weighted by Gasteiger charge is -2.15. The maximum Gasteiger partial charge on any atom is 0.268 e. The van der Waals surface area contributed by atoms with E-state index in [9.17, 15) is 9.18 Å². The van der Waals surface area contributed by atoms with E-state index in [0.717, 1.165) is 11.3 Å². The van der Waals surface area contributed by atoms with E-state index >= 15 is 0 Å². The number of rotatable bonds is 9. The van der Waals surface area contributed by atoms with Gasteiger partial charge in [-0.1, -0.05) is 6.07 Å². The molecule has 1 aliphatic rings. The van der Waals surface area contributed by atoms with Crippen molar-refractivity contribution in [2.24, 2.45) is 11.6 Å². The van der Waals surface area contributed by atoms with Crippen molar-refractivity contribution in [2.45, 2.75) is 36.7 Å². The van der Waals surface area contributed by atoms with Gasteiger partial charge in [0.1, 0.15) is 11.3 Å². The molecule has 3 aromatic rings. The zero-order chi connectivity index (χ0) is 23.5. The van der Waals surface area contributed by atoms with Crippen LogP contribution in [0.4, 0.5) is 4.39 Å². The lowest BCUT2D eigenvalue weighted by molar-refractivity contribution is -0.117. The van der Waals surface area contributed by atoms with Crippen LogP contribution in [0.2, 0.25) is 0 Å². The monoisotopic (exact) mass is 470 g/mol. The highest BCUT2D eigenvalue weighted by atomic mass is 32.2. The molecule has 0 spiro atoms. The van der Waals surface area contributed by atoms with E-state index in [1.54, 1.807) is 12.1 Å². The number of fused-ring (bicyclic) bond motifs is 1. The molecule has 1 fully saturated rings. The molecule has 5 N–H and O–H groups in total. The minimum Gasteiger partial charge on any atom is -0.494 e. The van der Waals surface area contributed by atoms with E-state index in [0.29, 0.717) is 16.4 Å². The van der Waals surface area contributed by atoms with Crippen molar-refractivity contribution in [3.63, 3.8) is 0 Å². The van der Waals surface area contributed by atoms with E-state index in [1.807, 2.05) is 22.9 Å². The maximum atomic E-state index is 14.6. The third-order valence-corrected chi connectivity index (χ3v) is 6.34. The Hall–Kier alpha value is -3.24. The first-order valence-corrected chi connectivity index (χ1v) is 11.8. The van der Waals surface area contributed by atoms with Gasteiger partial charge in [0.2, 0.25) is 0 Å². The van der Waals surface area contributed by atoms with Crippen LogP contribution in [-0.2, 0) is 17.9 Å². The van der Waals surface area contributed by atoms with Crippen LogP contribution >= 0.6 is 11.8 Å². The Balaban J connectivity index is 1.39. The number of nitrogens with zero attached hydrogens (tertiary/aromatic N) is 3. The fourth-order valence-corrected chi connectivity index (χ4v) is 4.24. The summed E-state index contributed by atoms with van der Waals surface area (Å²) >= 11 is 1.38. The highest BCUT2D eigenvalue weighted by Crippen LogP contribution is 2.39. The molecule has 0 bridgehead atoms. The predicted molar refractivity (Wildman–Crippen MR) is 126 cm³/mol. The molecule has 1 aliphatic carbocycles. The van der Waals surface area contributed by atoms with Crippen molar-refractivity contribution in [1.29, 1.82) is 0 Å². The number of ether oxygens (including phenoxy) is 1. The second-order valence-corrected chi connectivity index (χ2v) is 8.78. The van der Waals surface area contributed by atoms with Gasteiger partial charge in [-0.25, -0.2) is 15.2 Å². The number of methoxy groups -OCH3 is 1. The number of hydrogen-bond donors (Lipinski definition) is 3. The molecule has 0 saturated heterocycles. The van der Waals surface area contributed by atoms with Gasteiger partial charge in [-0.3, -0.25) is 4.79 Å². The van der Waals surface area contributed by atoms with E-state index in [-0.39, 0.29) is 24.5 Å². The van der Waals surface area contributed by atoms with Crippen LogP contribution in [-0.4, -0.2) is 33.7 Å². The number of thioether (sulfide) groups is 1. The Morgan fingerprint density at radius 2 is 2.15 bits per heavy atom. The number of halogens is 1. The third-order valence-electron chi connectivity index (χ3n) is 5.51. The number of benzene rings is 1. The third kappa shape index (κ3) is 5.23. The van der Waals surface area contributed by atoms with Crippen LogP contribution in [0, 0.1) is 5.82 Å². The van der Waals surface area contributed by atoms with Crippen molar-refractivity contribution in [2.75, 3.05) is 13.4 Å². The molecular weight excluding hydrogens is 443 g/mol. The Kier molecular flexibility index (Phi) is 6.75. The van der Waals surface area contributed by atoms with Gasteiger partial charge >= 0.3 is 0 Å². The molecule has 2 heterocycles. The van der Waals surface area contributed by atoms with Crippen LogP contribution < -0.4 is 21.6 Å². The second kappa shape index (κ2) is 9.72. The molecule has 2 aromatic heterocycles. The number of carbonyl (C=O) groups is 1. The van der Waals surface area contributed by atoms with Crippen molar-refractivity contribution in [3.8, 4) is 5.75 Å². The van der Waals surface area contributed by atoms with Crippen molar-refractivity contribution in [1.82, 2.24) is 19.7 Å². The van der Waals surface area contributed by atoms with E-state index in [2.05, 4.69) is 22.6 Å². The molecule has 10 heteroatoms. The molecule has 0 radical (unpaired) electrons. The number of aromatic nitrogens is 2. The average Bonchev–Trinajstić information content (AvgIpc) is 3.57. The second-order valence-electron chi connectivity index (χ2n) is 7.94. The maximum absolute atomic E-state index is 14.6. The molecule has 1 amide bonds. The number of pyridine rings is 1. The van der Waals surface area contributed by atoms with Gasteiger partial charge in [-0.15, -0.1) is 11.8 Å². The minimum absolute atomic E-state index is 0.0348. The number of amides is 1. The normalized spacial score (nSPS) is 13.9. The van der Waals surface area contributed by atoms with Gasteiger partial charge in [0.05, 0.1) is 19.3 Å². The van der Waals surface area contributed by atoms with Gasteiger partial charge < -0.3 is 25.2 Å². The zero-order valence-electron chi connectivity index (χ0n) is 18.5. The molecule has 8 nitrogen and oxygen atoms in total. The number of hydrazine groups is 1. The van der Waals surface area contributed by atoms with Crippen molar-refractivity contribution < 1.29 is 13.9 Å². The van der Waals surface area contributed by atoms with Crippen LogP contribution in [0.25, 0.3) is 5.65 Å². The summed E-state index contributed by atoms with van der Waals surface area (Å²) in [7, 11) is 1.39. The standard InChI is InChI=1S/C23H27FN6O2S/c1-32-19-6-7-20(33-2)17(22(19)24)9-27-23(31)18(25)13-30(26)12-16-11-29-10-15(14-3-4-14)5-8-21(29)28-16/h5-8,10-11,13-14H,3-4,9,12,25-26H2,1-2H3,(H,27,31)/b18-13-. The summed E-state index contributed by atoms with van der Waals surface area (Å²) in [5.41, 5.74) is 9.06. The number of imidazole rings is 1. The summed E-state index contributed by atoms with van der Waals surface area (Å²) in [6.45, 7) is 0.239. The van der Waals surface area contributed by atoms with Crippen molar-refractivity contribution >= 4 is 23.3 Å². The van der Waals surface area contributed by atoms with E-state index in [4.69, 9.17) is 16.3 Å². The number of nitrogens with two attached hydrogens (primary N) is 2. The smallest absolute Gasteiger partial charge is 0.268 e. The molecule has 174 valence electrons. The summed E-state index contributed by atoms with van der Waals surface area (Å²) < 4.78 is 21.6. The average molecular weight is 471 g/mol. The summed E-state index contributed by atoms with van der Waals surface area (Å²) in [5, 5.41) is 3.94. The van der Waals surface area contributed by atoms with E-state index < -0.39 is 11.7 Å². The van der Waals surface area contributed by atoms with Gasteiger partial charge in [0.15, 0.2) is 11.6 Å². The molecule has 0 unspecified atom stereocenters. The topological polar surface area (TPSA) is 111 Å². The lowest BCUT2D eigenvalue weighted by Crippen LogP contribution is -2.32. The quantitative estimate of drug-likeness (QED) is 0.191. The Labute approximate surface area is 195 Å². The summed E-state index contributed by atoms with van der Waals surface area (Å²) in [4.78, 5) is 17.7. The Morgan fingerprint density at radius 1 is 1.36 bits per heavy atom. The number of carbonyl (C=O) groups excluding carboxylic acids is 1. The first kappa shape index (κ1) is 22.9. The Morgan fingerprint density at radius 3 is 2.85 bits per heavy atom. The van der Waals surface area contributed by atoms with Gasteiger partial charge in [-0.2, -0.15) is 0 Å². The van der Waals surface area contributed by atoms with Crippen LogP contribution in [0.5, 0.6) is 5.75 Å². The van der Waals surface area contributed by atoms with Gasteiger partial charge in [-0.05, 0) is 48.8 Å². The highest BCUT2D eigenvalue weighted by Gasteiger charge is 2.23. The fraction of sp³-hybridized carbons (Fsp3) is 0.304. The molecule has 0 aliphatic heterocycles. The molecular formula is C23H27FN6O2S. The summed E-state index contributed by atoms with van der Waals surface area (Å²) in [5.74, 6) is 5.75. The Bertz CT molecular complexity index is 1210. The minimum atomic E-state index is -0.552. The first-order chi connectivity index (χ1) is 15.9. The van der Waals surface area contributed by atoms with Crippen LogP contribution in [0.15, 0.2) is 53.5 Å². The number of nitrogens with one attached hydrogen (secondary N) is 1. The SMILES string of the molecule is COc1ccc(SC)c(CNC(=O)/C(N)=C/N(N)Cc2cn3cc(C4CC4)ccc3n2)c1F. The highest BCUT2D eigenvalue weighted by molar-refractivity contribution is 7.98. The molecule has 33 heavy (non-hydrogen) atoms. The van der Waals surface area contributed by atoms with E-state index in [1.165, 1.54) is 48.5 Å². The van der Waals surface area contributed by atoms with Gasteiger partial charge in [0, 0.05) is 35.6 Å². The molecule has 1 aromatic carbocycles. The van der Waals surface area contributed by atoms with Crippen LogP contribution in [0.3, 0.4) is 0 Å².